The van der Waals surface area contributed by atoms with Crippen molar-refractivity contribution in [1.29, 1.82) is 0 Å². The van der Waals surface area contributed by atoms with Crippen molar-refractivity contribution in [2.24, 2.45) is 5.92 Å². The van der Waals surface area contributed by atoms with E-state index in [0.29, 0.717) is 10.8 Å². The zero-order valence-corrected chi connectivity index (χ0v) is 9.55. The third kappa shape index (κ3) is 2.58. The van der Waals surface area contributed by atoms with E-state index in [4.69, 9.17) is 0 Å². The summed E-state index contributed by atoms with van der Waals surface area (Å²) in [4.78, 5) is 0.401. The Labute approximate surface area is 90.4 Å². The van der Waals surface area contributed by atoms with Crippen molar-refractivity contribution in [2.75, 3.05) is 19.3 Å². The molecule has 2 rings (SSSR count). The van der Waals surface area contributed by atoms with Gasteiger partial charge in [-0.1, -0.05) is 12.1 Å². The summed E-state index contributed by atoms with van der Waals surface area (Å²) in [5.74, 6) is 0.717. The Hall–Kier alpha value is -0.870. The first kappa shape index (κ1) is 10.6. The Morgan fingerprint density at radius 1 is 1.27 bits per heavy atom. The van der Waals surface area contributed by atoms with Gasteiger partial charge in [0, 0.05) is 6.26 Å². The van der Waals surface area contributed by atoms with E-state index in [1.807, 2.05) is 12.1 Å². The number of nitrogens with one attached hydrogen (secondary N) is 1. The fourth-order valence-corrected chi connectivity index (χ4v) is 2.33. The summed E-state index contributed by atoms with van der Waals surface area (Å²) < 4.78 is 22.4. The molecular weight excluding hydrogens is 210 g/mol. The van der Waals surface area contributed by atoms with E-state index in [-0.39, 0.29) is 0 Å². The monoisotopic (exact) mass is 225 g/mol. The van der Waals surface area contributed by atoms with E-state index in [1.165, 1.54) is 11.8 Å². The SMILES string of the molecule is CS(=O)(=O)c1ccc(CC2CNC2)cc1. The summed E-state index contributed by atoms with van der Waals surface area (Å²) in [6, 6.07) is 7.21. The van der Waals surface area contributed by atoms with Gasteiger partial charge >= 0.3 is 0 Å². The molecule has 0 aliphatic carbocycles. The molecule has 1 fully saturated rings. The minimum absolute atomic E-state index is 0.401. The topological polar surface area (TPSA) is 46.2 Å². The Kier molecular flexibility index (Phi) is 2.80. The highest BCUT2D eigenvalue weighted by Gasteiger charge is 2.17. The number of benzene rings is 1. The molecule has 0 unspecified atom stereocenters. The fourth-order valence-electron chi connectivity index (χ4n) is 1.70. The molecule has 4 heteroatoms. The van der Waals surface area contributed by atoms with Crippen LogP contribution in [0.25, 0.3) is 0 Å². The van der Waals surface area contributed by atoms with Crippen LogP contribution in [0.2, 0.25) is 0 Å². The van der Waals surface area contributed by atoms with Gasteiger partial charge in [0.05, 0.1) is 4.90 Å². The van der Waals surface area contributed by atoms with E-state index in [2.05, 4.69) is 5.32 Å². The third-order valence-electron chi connectivity index (χ3n) is 2.74. The summed E-state index contributed by atoms with van der Waals surface area (Å²) in [6.45, 7) is 2.15. The molecule has 1 aliphatic rings. The molecule has 15 heavy (non-hydrogen) atoms. The summed E-state index contributed by atoms with van der Waals surface area (Å²) in [5, 5.41) is 3.22. The van der Waals surface area contributed by atoms with Crippen molar-refractivity contribution in [2.45, 2.75) is 11.3 Å². The molecule has 1 N–H and O–H groups in total. The molecule has 82 valence electrons. The predicted octanol–water partition coefficient (Wildman–Crippen LogP) is 0.852. The van der Waals surface area contributed by atoms with Crippen LogP contribution in [-0.2, 0) is 16.3 Å². The van der Waals surface area contributed by atoms with E-state index < -0.39 is 9.84 Å². The second kappa shape index (κ2) is 3.94. The van der Waals surface area contributed by atoms with Gasteiger partial charge in [0.25, 0.3) is 0 Å². The lowest BCUT2D eigenvalue weighted by atomic mass is 9.95. The lowest BCUT2D eigenvalue weighted by molar-refractivity contribution is 0.346. The molecule has 3 nitrogen and oxygen atoms in total. The number of hydrogen-bond donors (Lipinski definition) is 1. The summed E-state index contributed by atoms with van der Waals surface area (Å²) >= 11 is 0. The van der Waals surface area contributed by atoms with Gasteiger partial charge in [0.15, 0.2) is 9.84 Å². The minimum Gasteiger partial charge on any atom is -0.316 e. The van der Waals surface area contributed by atoms with Crippen LogP contribution in [0.4, 0.5) is 0 Å². The zero-order chi connectivity index (χ0) is 10.9. The Balaban J connectivity index is 2.09. The normalized spacial score (nSPS) is 17.4. The van der Waals surface area contributed by atoms with Crippen LogP contribution in [0.5, 0.6) is 0 Å². The molecule has 1 aliphatic heterocycles. The van der Waals surface area contributed by atoms with Crippen LogP contribution in [-0.4, -0.2) is 27.8 Å². The molecule has 1 aromatic rings. The van der Waals surface area contributed by atoms with Gasteiger partial charge < -0.3 is 5.32 Å². The maximum atomic E-state index is 11.2. The molecular formula is C11H15NO2S. The van der Waals surface area contributed by atoms with Crippen molar-refractivity contribution in [3.63, 3.8) is 0 Å². The highest BCUT2D eigenvalue weighted by atomic mass is 32.2. The first-order valence-corrected chi connectivity index (χ1v) is 6.94. The van der Waals surface area contributed by atoms with E-state index >= 15 is 0 Å². The van der Waals surface area contributed by atoms with Gasteiger partial charge in [-0.3, -0.25) is 0 Å². The van der Waals surface area contributed by atoms with Crippen molar-refractivity contribution in [3.8, 4) is 0 Å². The first-order chi connectivity index (χ1) is 7.05. The molecule has 0 aromatic heterocycles. The van der Waals surface area contributed by atoms with Gasteiger partial charge in [0.2, 0.25) is 0 Å². The Morgan fingerprint density at radius 3 is 2.27 bits per heavy atom. The van der Waals surface area contributed by atoms with Crippen LogP contribution in [0.3, 0.4) is 0 Å². The van der Waals surface area contributed by atoms with E-state index in [1.54, 1.807) is 12.1 Å². The van der Waals surface area contributed by atoms with Crippen LogP contribution >= 0.6 is 0 Å². The van der Waals surface area contributed by atoms with Crippen molar-refractivity contribution in [1.82, 2.24) is 5.32 Å². The number of rotatable bonds is 3. The molecule has 0 spiro atoms. The largest absolute Gasteiger partial charge is 0.316 e. The molecule has 1 heterocycles. The van der Waals surface area contributed by atoms with Crippen molar-refractivity contribution >= 4 is 9.84 Å². The lowest BCUT2D eigenvalue weighted by Crippen LogP contribution is -2.43. The average Bonchev–Trinajstić information content (AvgIpc) is 2.11. The van der Waals surface area contributed by atoms with Crippen LogP contribution in [0, 0.1) is 5.92 Å². The van der Waals surface area contributed by atoms with E-state index in [0.717, 1.165) is 19.5 Å². The average molecular weight is 225 g/mol. The summed E-state index contributed by atoms with van der Waals surface area (Å²) in [7, 11) is -3.05. The maximum absolute atomic E-state index is 11.2. The molecule has 0 atom stereocenters. The zero-order valence-electron chi connectivity index (χ0n) is 8.73. The van der Waals surface area contributed by atoms with Crippen LogP contribution < -0.4 is 5.32 Å². The quantitative estimate of drug-likeness (QED) is 0.829. The van der Waals surface area contributed by atoms with Crippen LogP contribution in [0.1, 0.15) is 5.56 Å². The smallest absolute Gasteiger partial charge is 0.175 e. The molecule has 0 radical (unpaired) electrons. The summed E-state index contributed by atoms with van der Waals surface area (Å²) in [6.07, 6.45) is 2.27. The summed E-state index contributed by atoms with van der Waals surface area (Å²) in [5.41, 5.74) is 1.22. The second-order valence-corrected chi connectivity index (χ2v) is 6.16. The molecule has 1 aromatic carbocycles. The molecule has 0 bridgehead atoms. The standard InChI is InChI=1S/C11H15NO2S/c1-15(13,14)11-4-2-9(3-5-11)6-10-7-12-8-10/h2-5,10,12H,6-8H2,1H3. The van der Waals surface area contributed by atoms with E-state index in [9.17, 15) is 8.42 Å². The third-order valence-corrected chi connectivity index (χ3v) is 3.87. The molecule has 0 saturated carbocycles. The fraction of sp³-hybridized carbons (Fsp3) is 0.455. The first-order valence-electron chi connectivity index (χ1n) is 5.05. The van der Waals surface area contributed by atoms with Crippen molar-refractivity contribution in [3.05, 3.63) is 29.8 Å². The number of hydrogen-bond acceptors (Lipinski definition) is 3. The lowest BCUT2D eigenvalue weighted by Gasteiger charge is -2.27. The molecule has 1 saturated heterocycles. The highest BCUT2D eigenvalue weighted by Crippen LogP contribution is 2.15. The van der Waals surface area contributed by atoms with Gasteiger partial charge in [0.1, 0.15) is 0 Å². The van der Waals surface area contributed by atoms with Gasteiger partial charge in [-0.05, 0) is 43.1 Å². The second-order valence-electron chi connectivity index (χ2n) is 4.14. The molecule has 0 amide bonds. The van der Waals surface area contributed by atoms with Crippen LogP contribution in [0.15, 0.2) is 29.2 Å². The Bertz CT molecular complexity index is 432. The van der Waals surface area contributed by atoms with Crippen molar-refractivity contribution < 1.29 is 8.42 Å². The predicted molar refractivity (Wildman–Crippen MR) is 59.6 cm³/mol. The Morgan fingerprint density at radius 2 is 1.87 bits per heavy atom. The highest BCUT2D eigenvalue weighted by molar-refractivity contribution is 7.90. The number of sulfone groups is 1. The van der Waals surface area contributed by atoms with Gasteiger partial charge in [-0.15, -0.1) is 0 Å². The van der Waals surface area contributed by atoms with Gasteiger partial charge in [-0.2, -0.15) is 0 Å². The minimum atomic E-state index is -3.05. The van der Waals surface area contributed by atoms with Gasteiger partial charge in [-0.25, -0.2) is 8.42 Å². The maximum Gasteiger partial charge on any atom is 0.175 e.